The van der Waals surface area contributed by atoms with Crippen LogP contribution < -0.4 is 11.1 Å². The lowest BCUT2D eigenvalue weighted by Crippen LogP contribution is -2.39. The van der Waals surface area contributed by atoms with Crippen LogP contribution in [0.3, 0.4) is 0 Å². The third-order valence-electron chi connectivity index (χ3n) is 3.40. The van der Waals surface area contributed by atoms with Gasteiger partial charge in [0.1, 0.15) is 11.6 Å². The number of likely N-dealkylation sites (tertiary alicyclic amines) is 1. The fourth-order valence-electron chi connectivity index (χ4n) is 2.40. The number of aromatic nitrogens is 1. The zero-order valence-corrected chi connectivity index (χ0v) is 11.0. The van der Waals surface area contributed by atoms with Crippen molar-refractivity contribution in [3.8, 4) is 0 Å². The number of nitrogens with two attached hydrogens (primary N) is 1. The van der Waals surface area contributed by atoms with E-state index in [1.807, 2.05) is 0 Å². The minimum absolute atomic E-state index is 0.0552. The van der Waals surface area contributed by atoms with E-state index in [2.05, 4.69) is 22.2 Å². The van der Waals surface area contributed by atoms with E-state index in [1.165, 1.54) is 0 Å². The standard InChI is InChI=1S/C13H19FN4O/c1-18-4-2-3-9(8-18)6-17-13(19)11-5-10(14)7-16-12(11)15/h5,7,9H,2-4,6,8H2,1H3,(H2,15,16)(H,17,19). The van der Waals surface area contributed by atoms with Gasteiger partial charge < -0.3 is 16.0 Å². The van der Waals surface area contributed by atoms with E-state index in [0.717, 1.165) is 38.2 Å². The molecule has 0 bridgehead atoms. The SMILES string of the molecule is CN1CCCC(CNC(=O)c2cc(F)cnc2N)C1. The third kappa shape index (κ3) is 3.64. The molecular formula is C13H19FN4O. The number of carbonyl (C=O) groups is 1. The van der Waals surface area contributed by atoms with Crippen LogP contribution in [-0.2, 0) is 0 Å². The van der Waals surface area contributed by atoms with Crippen LogP contribution in [-0.4, -0.2) is 42.5 Å². The second-order valence-corrected chi connectivity index (χ2v) is 5.07. The molecular weight excluding hydrogens is 247 g/mol. The maximum absolute atomic E-state index is 13.0. The first-order valence-electron chi connectivity index (χ1n) is 6.44. The van der Waals surface area contributed by atoms with Crippen molar-refractivity contribution >= 4 is 11.7 Å². The molecule has 1 unspecified atom stereocenters. The third-order valence-corrected chi connectivity index (χ3v) is 3.40. The Labute approximate surface area is 112 Å². The van der Waals surface area contributed by atoms with Crippen molar-refractivity contribution in [2.45, 2.75) is 12.8 Å². The number of carbonyl (C=O) groups excluding carboxylic acids is 1. The Morgan fingerprint density at radius 3 is 3.21 bits per heavy atom. The highest BCUT2D eigenvalue weighted by atomic mass is 19.1. The van der Waals surface area contributed by atoms with Crippen LogP contribution in [0.15, 0.2) is 12.3 Å². The number of amides is 1. The van der Waals surface area contributed by atoms with Gasteiger partial charge in [-0.2, -0.15) is 0 Å². The van der Waals surface area contributed by atoms with Gasteiger partial charge in [-0.1, -0.05) is 0 Å². The van der Waals surface area contributed by atoms with Crippen molar-refractivity contribution < 1.29 is 9.18 Å². The van der Waals surface area contributed by atoms with Crippen molar-refractivity contribution in [3.63, 3.8) is 0 Å². The van der Waals surface area contributed by atoms with Gasteiger partial charge in [0.25, 0.3) is 5.91 Å². The maximum Gasteiger partial charge on any atom is 0.255 e. The lowest BCUT2D eigenvalue weighted by Gasteiger charge is -2.29. The summed E-state index contributed by atoms with van der Waals surface area (Å²) in [5.41, 5.74) is 5.68. The molecule has 1 aromatic rings. The van der Waals surface area contributed by atoms with E-state index in [0.29, 0.717) is 12.5 Å². The molecule has 1 saturated heterocycles. The highest BCUT2D eigenvalue weighted by molar-refractivity contribution is 5.98. The van der Waals surface area contributed by atoms with Gasteiger partial charge in [0.15, 0.2) is 0 Å². The molecule has 2 rings (SSSR count). The predicted octanol–water partition coefficient (Wildman–Crippen LogP) is 0.875. The number of rotatable bonds is 3. The Bertz CT molecular complexity index is 466. The average molecular weight is 266 g/mol. The first kappa shape index (κ1) is 13.7. The van der Waals surface area contributed by atoms with E-state index in [-0.39, 0.29) is 17.3 Å². The van der Waals surface area contributed by atoms with Crippen molar-refractivity contribution in [3.05, 3.63) is 23.6 Å². The smallest absolute Gasteiger partial charge is 0.255 e. The minimum Gasteiger partial charge on any atom is -0.383 e. The van der Waals surface area contributed by atoms with Gasteiger partial charge in [-0.15, -0.1) is 0 Å². The zero-order valence-electron chi connectivity index (χ0n) is 11.0. The molecule has 1 aromatic heterocycles. The molecule has 5 nitrogen and oxygen atoms in total. The normalized spacial score (nSPS) is 20.2. The molecule has 104 valence electrons. The molecule has 1 aliphatic rings. The van der Waals surface area contributed by atoms with E-state index >= 15 is 0 Å². The molecule has 1 fully saturated rings. The summed E-state index contributed by atoms with van der Waals surface area (Å²) in [6, 6.07) is 1.12. The van der Waals surface area contributed by atoms with Crippen LogP contribution in [0.2, 0.25) is 0 Å². The molecule has 0 spiro atoms. The van der Waals surface area contributed by atoms with Gasteiger partial charge in [0.2, 0.25) is 0 Å². The number of hydrogen-bond donors (Lipinski definition) is 2. The highest BCUT2D eigenvalue weighted by Crippen LogP contribution is 2.15. The number of nitrogens with one attached hydrogen (secondary N) is 1. The number of hydrogen-bond acceptors (Lipinski definition) is 4. The molecule has 1 aliphatic heterocycles. The van der Waals surface area contributed by atoms with Gasteiger partial charge in [0, 0.05) is 13.1 Å². The Kier molecular flexibility index (Phi) is 4.31. The van der Waals surface area contributed by atoms with Gasteiger partial charge in [0.05, 0.1) is 11.8 Å². The van der Waals surface area contributed by atoms with Crippen molar-refractivity contribution in [2.24, 2.45) is 5.92 Å². The molecule has 0 saturated carbocycles. The summed E-state index contributed by atoms with van der Waals surface area (Å²) in [7, 11) is 2.07. The second-order valence-electron chi connectivity index (χ2n) is 5.07. The van der Waals surface area contributed by atoms with E-state index < -0.39 is 5.82 Å². The number of anilines is 1. The van der Waals surface area contributed by atoms with E-state index in [1.54, 1.807) is 0 Å². The molecule has 0 radical (unpaired) electrons. The summed E-state index contributed by atoms with van der Waals surface area (Å²) in [6.45, 7) is 2.65. The Morgan fingerprint density at radius 2 is 2.47 bits per heavy atom. The number of halogens is 1. The fraction of sp³-hybridized carbons (Fsp3) is 0.538. The Hall–Kier alpha value is -1.69. The molecule has 2 heterocycles. The maximum atomic E-state index is 13.0. The van der Waals surface area contributed by atoms with Crippen molar-refractivity contribution in [1.29, 1.82) is 0 Å². The summed E-state index contributed by atoms with van der Waals surface area (Å²) < 4.78 is 13.0. The number of nitrogens with zero attached hydrogens (tertiary/aromatic N) is 2. The van der Waals surface area contributed by atoms with Crippen LogP contribution in [0.5, 0.6) is 0 Å². The van der Waals surface area contributed by atoms with Crippen LogP contribution >= 0.6 is 0 Å². The van der Waals surface area contributed by atoms with Gasteiger partial charge in [-0.25, -0.2) is 9.37 Å². The first-order chi connectivity index (χ1) is 9.06. The monoisotopic (exact) mass is 266 g/mol. The summed E-state index contributed by atoms with van der Waals surface area (Å²) in [4.78, 5) is 17.8. The summed E-state index contributed by atoms with van der Waals surface area (Å²) in [5, 5.41) is 2.80. The highest BCUT2D eigenvalue weighted by Gasteiger charge is 2.19. The lowest BCUT2D eigenvalue weighted by molar-refractivity contribution is 0.0937. The Morgan fingerprint density at radius 1 is 1.68 bits per heavy atom. The molecule has 1 atom stereocenters. The van der Waals surface area contributed by atoms with Gasteiger partial charge in [-0.3, -0.25) is 4.79 Å². The van der Waals surface area contributed by atoms with Crippen LogP contribution in [0.4, 0.5) is 10.2 Å². The van der Waals surface area contributed by atoms with Crippen LogP contribution in [0.25, 0.3) is 0 Å². The number of pyridine rings is 1. The first-order valence-corrected chi connectivity index (χ1v) is 6.44. The minimum atomic E-state index is -0.559. The molecule has 3 N–H and O–H groups in total. The molecule has 0 aliphatic carbocycles. The quantitative estimate of drug-likeness (QED) is 0.851. The average Bonchev–Trinajstić information content (AvgIpc) is 2.39. The summed E-state index contributed by atoms with van der Waals surface area (Å²) in [5.74, 6) is -0.431. The summed E-state index contributed by atoms with van der Waals surface area (Å²) in [6.07, 6.45) is 3.24. The Balaban J connectivity index is 1.92. The molecule has 1 amide bonds. The largest absolute Gasteiger partial charge is 0.383 e. The molecule has 0 aromatic carbocycles. The van der Waals surface area contributed by atoms with Crippen LogP contribution in [0.1, 0.15) is 23.2 Å². The second kappa shape index (κ2) is 5.97. The lowest BCUT2D eigenvalue weighted by atomic mass is 9.98. The van der Waals surface area contributed by atoms with Crippen molar-refractivity contribution in [2.75, 3.05) is 32.4 Å². The van der Waals surface area contributed by atoms with E-state index in [9.17, 15) is 9.18 Å². The topological polar surface area (TPSA) is 71.2 Å². The van der Waals surface area contributed by atoms with E-state index in [4.69, 9.17) is 5.73 Å². The van der Waals surface area contributed by atoms with Crippen molar-refractivity contribution in [1.82, 2.24) is 15.2 Å². The summed E-state index contributed by atoms with van der Waals surface area (Å²) >= 11 is 0. The zero-order chi connectivity index (χ0) is 13.8. The molecule has 6 heteroatoms. The predicted molar refractivity (Wildman–Crippen MR) is 71.2 cm³/mol. The number of piperidine rings is 1. The van der Waals surface area contributed by atoms with Crippen LogP contribution in [0, 0.1) is 11.7 Å². The number of nitrogen functional groups attached to an aromatic ring is 1. The fourth-order valence-corrected chi connectivity index (χ4v) is 2.40. The molecule has 19 heavy (non-hydrogen) atoms. The van der Waals surface area contributed by atoms with Gasteiger partial charge >= 0.3 is 0 Å². The van der Waals surface area contributed by atoms with Gasteiger partial charge in [-0.05, 0) is 38.4 Å².